The number of imide groups is 1. The van der Waals surface area contributed by atoms with Gasteiger partial charge in [-0.1, -0.05) is 12.8 Å². The molecule has 19 heavy (non-hydrogen) atoms. The lowest BCUT2D eigenvalue weighted by atomic mass is 9.81. The van der Waals surface area contributed by atoms with Gasteiger partial charge in [0.1, 0.15) is 0 Å². The third-order valence-corrected chi connectivity index (χ3v) is 4.83. The van der Waals surface area contributed by atoms with Crippen LogP contribution in [0.2, 0.25) is 0 Å². The maximum Gasteiger partial charge on any atom is 0.234 e. The summed E-state index contributed by atoms with van der Waals surface area (Å²) in [6, 6.07) is 0. The molecule has 1 aliphatic carbocycles. The molecule has 1 N–H and O–H groups in total. The number of carbonyl (C=O) groups excluding carboxylic acids is 2. The Balaban J connectivity index is 1.64. The molecule has 2 saturated heterocycles. The molecule has 0 radical (unpaired) electrons. The number of aliphatic hydroxyl groups excluding tert-OH is 1. The van der Waals surface area contributed by atoms with Crippen molar-refractivity contribution < 1.29 is 14.7 Å². The van der Waals surface area contributed by atoms with Gasteiger partial charge < -0.3 is 5.11 Å². The number of carbonyl (C=O) groups is 2. The first-order valence-electron chi connectivity index (χ1n) is 7.42. The first-order valence-corrected chi connectivity index (χ1v) is 7.42. The lowest BCUT2D eigenvalue weighted by Crippen LogP contribution is -2.45. The van der Waals surface area contributed by atoms with Crippen LogP contribution in [0.3, 0.4) is 0 Å². The molecule has 2 atom stereocenters. The molecular formula is C14H22N2O3. The first-order chi connectivity index (χ1) is 9.16. The molecule has 0 unspecified atom stereocenters. The van der Waals surface area contributed by atoms with Crippen molar-refractivity contribution in [3.63, 3.8) is 0 Å². The fraction of sp³-hybridized carbons (Fsp3) is 0.857. The largest absolute Gasteiger partial charge is 0.393 e. The first kappa shape index (κ1) is 13.1. The number of piperidine rings is 1. The van der Waals surface area contributed by atoms with Crippen molar-refractivity contribution in [3.8, 4) is 0 Å². The monoisotopic (exact) mass is 266 g/mol. The average molecular weight is 266 g/mol. The molecule has 2 heterocycles. The Kier molecular flexibility index (Phi) is 3.58. The van der Waals surface area contributed by atoms with Crippen molar-refractivity contribution in [2.75, 3.05) is 19.8 Å². The minimum absolute atomic E-state index is 0.0424. The Morgan fingerprint density at radius 2 is 1.47 bits per heavy atom. The highest BCUT2D eigenvalue weighted by Crippen LogP contribution is 2.38. The molecule has 0 bridgehead atoms. The van der Waals surface area contributed by atoms with E-state index in [0.29, 0.717) is 6.67 Å². The van der Waals surface area contributed by atoms with E-state index in [-0.39, 0.29) is 29.8 Å². The third kappa shape index (κ3) is 2.41. The third-order valence-electron chi connectivity index (χ3n) is 4.83. The summed E-state index contributed by atoms with van der Waals surface area (Å²) in [4.78, 5) is 28.2. The van der Waals surface area contributed by atoms with E-state index in [0.717, 1.165) is 51.6 Å². The van der Waals surface area contributed by atoms with Gasteiger partial charge in [-0.25, -0.2) is 0 Å². The van der Waals surface area contributed by atoms with E-state index in [1.165, 1.54) is 4.90 Å². The molecule has 5 heteroatoms. The van der Waals surface area contributed by atoms with Crippen LogP contribution in [0.15, 0.2) is 0 Å². The molecule has 0 aromatic heterocycles. The zero-order valence-electron chi connectivity index (χ0n) is 11.3. The topological polar surface area (TPSA) is 60.9 Å². The van der Waals surface area contributed by atoms with Crippen molar-refractivity contribution in [1.29, 1.82) is 0 Å². The zero-order valence-corrected chi connectivity index (χ0v) is 11.3. The van der Waals surface area contributed by atoms with Crippen LogP contribution >= 0.6 is 0 Å². The van der Waals surface area contributed by atoms with Gasteiger partial charge in [0.2, 0.25) is 11.8 Å². The van der Waals surface area contributed by atoms with Gasteiger partial charge in [0.25, 0.3) is 0 Å². The normalized spacial score (nSPS) is 33.8. The molecule has 5 nitrogen and oxygen atoms in total. The van der Waals surface area contributed by atoms with Crippen molar-refractivity contribution in [1.82, 2.24) is 9.80 Å². The summed E-state index contributed by atoms with van der Waals surface area (Å²) < 4.78 is 0. The van der Waals surface area contributed by atoms with Gasteiger partial charge in [0.15, 0.2) is 0 Å². The van der Waals surface area contributed by atoms with Crippen LogP contribution in [0.4, 0.5) is 0 Å². The maximum atomic E-state index is 12.3. The minimum atomic E-state index is -0.219. The molecule has 1 saturated carbocycles. The predicted molar refractivity (Wildman–Crippen MR) is 69.0 cm³/mol. The molecule has 3 fully saturated rings. The molecule has 3 aliphatic rings. The highest BCUT2D eigenvalue weighted by atomic mass is 16.3. The van der Waals surface area contributed by atoms with E-state index in [4.69, 9.17) is 0 Å². The van der Waals surface area contributed by atoms with E-state index in [2.05, 4.69) is 4.90 Å². The van der Waals surface area contributed by atoms with E-state index in [1.807, 2.05) is 0 Å². The summed E-state index contributed by atoms with van der Waals surface area (Å²) in [5, 5.41) is 9.49. The number of likely N-dealkylation sites (tertiary alicyclic amines) is 2. The van der Waals surface area contributed by atoms with E-state index >= 15 is 0 Å². The fourth-order valence-corrected chi connectivity index (χ4v) is 3.63. The van der Waals surface area contributed by atoms with Gasteiger partial charge in [-0.2, -0.15) is 0 Å². The van der Waals surface area contributed by atoms with Gasteiger partial charge in [0, 0.05) is 13.1 Å². The maximum absolute atomic E-state index is 12.3. The van der Waals surface area contributed by atoms with Gasteiger partial charge >= 0.3 is 0 Å². The van der Waals surface area contributed by atoms with Crippen LogP contribution in [0.5, 0.6) is 0 Å². The van der Waals surface area contributed by atoms with Gasteiger partial charge in [-0.15, -0.1) is 0 Å². The Bertz CT molecular complexity index is 353. The summed E-state index contributed by atoms with van der Waals surface area (Å²) >= 11 is 0. The number of nitrogens with zero attached hydrogens (tertiary/aromatic N) is 2. The van der Waals surface area contributed by atoms with Crippen LogP contribution in [0, 0.1) is 11.8 Å². The van der Waals surface area contributed by atoms with E-state index in [1.54, 1.807) is 0 Å². The Labute approximate surface area is 113 Å². The number of aliphatic hydroxyl groups is 1. The second-order valence-corrected chi connectivity index (χ2v) is 6.09. The minimum Gasteiger partial charge on any atom is -0.393 e. The fourth-order valence-electron chi connectivity index (χ4n) is 3.63. The van der Waals surface area contributed by atoms with Crippen molar-refractivity contribution >= 4 is 11.8 Å². The summed E-state index contributed by atoms with van der Waals surface area (Å²) in [6.07, 6.45) is 5.17. The summed E-state index contributed by atoms with van der Waals surface area (Å²) in [6.45, 7) is 1.97. The second kappa shape index (κ2) is 5.21. The molecule has 0 spiro atoms. The van der Waals surface area contributed by atoms with Crippen LogP contribution in [-0.4, -0.2) is 52.6 Å². The van der Waals surface area contributed by atoms with Crippen LogP contribution in [0.25, 0.3) is 0 Å². The molecule has 2 aliphatic heterocycles. The van der Waals surface area contributed by atoms with Crippen molar-refractivity contribution in [2.45, 2.75) is 44.6 Å². The van der Waals surface area contributed by atoms with Crippen LogP contribution < -0.4 is 0 Å². The molecule has 106 valence electrons. The van der Waals surface area contributed by atoms with E-state index in [9.17, 15) is 14.7 Å². The number of hydrogen-bond donors (Lipinski definition) is 1. The van der Waals surface area contributed by atoms with Gasteiger partial charge in [-0.05, 0) is 25.7 Å². The number of fused-ring (bicyclic) bond motifs is 1. The zero-order chi connectivity index (χ0) is 13.4. The number of hydrogen-bond acceptors (Lipinski definition) is 4. The number of amides is 2. The molecule has 0 aromatic carbocycles. The summed E-state index contributed by atoms with van der Waals surface area (Å²) in [5.41, 5.74) is 0. The van der Waals surface area contributed by atoms with Gasteiger partial charge in [0.05, 0.1) is 24.6 Å². The Morgan fingerprint density at radius 1 is 0.947 bits per heavy atom. The molecule has 3 rings (SSSR count). The lowest BCUT2D eigenvalue weighted by Gasteiger charge is -2.32. The highest BCUT2D eigenvalue weighted by Gasteiger charge is 2.48. The number of rotatable bonds is 2. The summed E-state index contributed by atoms with van der Waals surface area (Å²) in [5.74, 6) is -0.00472. The second-order valence-electron chi connectivity index (χ2n) is 6.09. The average Bonchev–Trinajstić information content (AvgIpc) is 2.67. The summed E-state index contributed by atoms with van der Waals surface area (Å²) in [7, 11) is 0. The van der Waals surface area contributed by atoms with Crippen molar-refractivity contribution in [2.24, 2.45) is 11.8 Å². The molecular weight excluding hydrogens is 244 g/mol. The van der Waals surface area contributed by atoms with Crippen LogP contribution in [0.1, 0.15) is 38.5 Å². The smallest absolute Gasteiger partial charge is 0.234 e. The van der Waals surface area contributed by atoms with E-state index < -0.39 is 0 Å². The van der Waals surface area contributed by atoms with Crippen LogP contribution in [-0.2, 0) is 9.59 Å². The molecule has 0 aromatic rings. The molecule has 2 amide bonds. The quantitative estimate of drug-likeness (QED) is 0.743. The standard InChI is InChI=1S/C14H22N2O3/c17-10-5-7-15(8-6-10)9-16-13(18)11-3-1-2-4-12(11)14(16)19/h10-12,17H,1-9H2/t11-,12-/m0/s1. The van der Waals surface area contributed by atoms with Crippen molar-refractivity contribution in [3.05, 3.63) is 0 Å². The lowest BCUT2D eigenvalue weighted by molar-refractivity contribution is -0.142. The Morgan fingerprint density at radius 3 is 2.00 bits per heavy atom. The SMILES string of the molecule is O=C1[C@H]2CCCC[C@@H]2C(=O)N1CN1CCC(O)CC1. The Hall–Kier alpha value is -0.940. The van der Waals surface area contributed by atoms with Gasteiger partial charge in [-0.3, -0.25) is 19.4 Å². The highest BCUT2D eigenvalue weighted by molar-refractivity contribution is 6.05. The predicted octanol–water partition coefficient (Wildman–Crippen LogP) is 0.576.